The van der Waals surface area contributed by atoms with Gasteiger partial charge in [-0.15, -0.1) is 0 Å². The maximum atomic E-state index is 11.6. The molecule has 5 heteroatoms. The highest BCUT2D eigenvalue weighted by Crippen LogP contribution is 2.37. The summed E-state index contributed by atoms with van der Waals surface area (Å²) < 4.78 is 10.7. The van der Waals surface area contributed by atoms with Crippen molar-refractivity contribution in [3.05, 3.63) is 59.3 Å². The van der Waals surface area contributed by atoms with Crippen LogP contribution in [0.3, 0.4) is 0 Å². The van der Waals surface area contributed by atoms with E-state index in [1.807, 2.05) is 30.5 Å². The minimum Gasteiger partial charge on any atom is -0.497 e. The molecule has 0 saturated carbocycles. The van der Waals surface area contributed by atoms with Crippen LogP contribution >= 0.6 is 0 Å². The Morgan fingerprint density at radius 2 is 1.85 bits per heavy atom. The molecule has 1 heterocycles. The number of aliphatic carboxylic acids is 1. The van der Waals surface area contributed by atoms with E-state index in [-0.39, 0.29) is 12.3 Å². The number of aromatic nitrogens is 1. The number of methoxy groups -OCH3 is 2. The van der Waals surface area contributed by atoms with Crippen molar-refractivity contribution in [2.45, 2.75) is 25.7 Å². The lowest BCUT2D eigenvalue weighted by molar-refractivity contribution is -0.137. The van der Waals surface area contributed by atoms with E-state index >= 15 is 0 Å². The molecule has 2 aromatic carbocycles. The first-order valence-electron chi connectivity index (χ1n) is 8.61. The zero-order chi connectivity index (χ0) is 18.7. The van der Waals surface area contributed by atoms with Crippen LogP contribution in [0.15, 0.2) is 42.6 Å². The predicted molar refractivity (Wildman–Crippen MR) is 101 cm³/mol. The highest BCUT2D eigenvalue weighted by molar-refractivity contribution is 5.87. The van der Waals surface area contributed by atoms with Crippen LogP contribution in [0.5, 0.6) is 11.5 Å². The second-order valence-corrected chi connectivity index (χ2v) is 6.23. The topological polar surface area (TPSA) is 71.6 Å². The summed E-state index contributed by atoms with van der Waals surface area (Å²) in [4.78, 5) is 14.9. The average Bonchev–Trinajstić information content (AvgIpc) is 3.09. The van der Waals surface area contributed by atoms with Gasteiger partial charge in [-0.25, -0.2) is 0 Å². The van der Waals surface area contributed by atoms with Crippen molar-refractivity contribution in [1.29, 1.82) is 0 Å². The third kappa shape index (κ3) is 3.38. The number of carboxylic acid groups (broad SMARTS) is 1. The molecule has 1 unspecified atom stereocenters. The van der Waals surface area contributed by atoms with Crippen LogP contribution in [-0.4, -0.2) is 30.3 Å². The molecule has 0 spiro atoms. The molecule has 0 fully saturated rings. The largest absolute Gasteiger partial charge is 0.497 e. The maximum Gasteiger partial charge on any atom is 0.304 e. The highest BCUT2D eigenvalue weighted by atomic mass is 16.5. The molecule has 136 valence electrons. The number of hydrogen-bond acceptors (Lipinski definition) is 3. The molecule has 3 aromatic rings. The molecule has 0 saturated heterocycles. The summed E-state index contributed by atoms with van der Waals surface area (Å²) in [5, 5.41) is 10.6. The molecule has 0 aliphatic carbocycles. The van der Waals surface area contributed by atoms with Gasteiger partial charge in [-0.2, -0.15) is 0 Å². The summed E-state index contributed by atoms with van der Waals surface area (Å²) in [7, 11) is 3.17. The zero-order valence-electron chi connectivity index (χ0n) is 15.2. The molecular weight excluding hydrogens is 330 g/mol. The van der Waals surface area contributed by atoms with Crippen molar-refractivity contribution < 1.29 is 19.4 Å². The Kier molecular flexibility index (Phi) is 5.16. The highest BCUT2D eigenvalue weighted by Gasteiger charge is 2.23. The summed E-state index contributed by atoms with van der Waals surface area (Å²) in [6.45, 7) is 2.11. The number of carboxylic acids is 1. The van der Waals surface area contributed by atoms with E-state index in [0.717, 1.165) is 28.5 Å². The van der Waals surface area contributed by atoms with E-state index in [2.05, 4.69) is 18.0 Å². The first-order valence-corrected chi connectivity index (χ1v) is 8.61. The van der Waals surface area contributed by atoms with Gasteiger partial charge < -0.3 is 19.6 Å². The third-order valence-corrected chi connectivity index (χ3v) is 4.74. The van der Waals surface area contributed by atoms with Crippen LogP contribution in [-0.2, 0) is 11.2 Å². The van der Waals surface area contributed by atoms with E-state index in [0.29, 0.717) is 11.5 Å². The smallest absolute Gasteiger partial charge is 0.304 e. The summed E-state index contributed by atoms with van der Waals surface area (Å²) in [5.41, 5.74) is 4.10. The quantitative estimate of drug-likeness (QED) is 0.662. The minimum absolute atomic E-state index is 0.0143. The summed E-state index contributed by atoms with van der Waals surface area (Å²) in [6, 6.07) is 11.7. The molecule has 0 radical (unpaired) electrons. The monoisotopic (exact) mass is 353 g/mol. The van der Waals surface area contributed by atoms with Gasteiger partial charge in [0.2, 0.25) is 0 Å². The number of rotatable bonds is 7. The fraction of sp³-hybridized carbons (Fsp3) is 0.286. The zero-order valence-corrected chi connectivity index (χ0v) is 15.2. The van der Waals surface area contributed by atoms with Crippen LogP contribution in [0.2, 0.25) is 0 Å². The number of para-hydroxylation sites is 1. The number of carbonyl (C=O) groups is 1. The number of benzene rings is 2. The minimum atomic E-state index is -0.849. The molecule has 5 nitrogen and oxygen atoms in total. The fourth-order valence-corrected chi connectivity index (χ4v) is 3.43. The molecule has 2 N–H and O–H groups in total. The van der Waals surface area contributed by atoms with Crippen molar-refractivity contribution in [3.8, 4) is 11.5 Å². The van der Waals surface area contributed by atoms with Gasteiger partial charge >= 0.3 is 5.97 Å². The third-order valence-electron chi connectivity index (χ3n) is 4.74. The maximum absolute atomic E-state index is 11.6. The lowest BCUT2D eigenvalue weighted by Crippen LogP contribution is -2.08. The Balaban J connectivity index is 2.18. The van der Waals surface area contributed by atoms with Gasteiger partial charge in [-0.1, -0.05) is 25.1 Å². The van der Waals surface area contributed by atoms with Crippen LogP contribution < -0.4 is 9.47 Å². The summed E-state index contributed by atoms with van der Waals surface area (Å²) in [6.07, 6.45) is 2.82. The Morgan fingerprint density at radius 3 is 2.42 bits per heavy atom. The van der Waals surface area contributed by atoms with Gasteiger partial charge in [0.15, 0.2) is 0 Å². The average molecular weight is 353 g/mol. The van der Waals surface area contributed by atoms with E-state index in [9.17, 15) is 9.90 Å². The van der Waals surface area contributed by atoms with Crippen molar-refractivity contribution in [3.63, 3.8) is 0 Å². The lowest BCUT2D eigenvalue weighted by atomic mass is 9.87. The number of ether oxygens (including phenoxy) is 2. The molecule has 26 heavy (non-hydrogen) atoms. The molecule has 1 atom stereocenters. The molecule has 0 aliphatic rings. The van der Waals surface area contributed by atoms with E-state index in [1.54, 1.807) is 20.3 Å². The van der Waals surface area contributed by atoms with Gasteiger partial charge in [-0.3, -0.25) is 4.79 Å². The molecule has 0 bridgehead atoms. The van der Waals surface area contributed by atoms with Crippen LogP contribution in [0.4, 0.5) is 0 Å². The number of fused-ring (bicyclic) bond motifs is 1. The van der Waals surface area contributed by atoms with Crippen LogP contribution in [0.1, 0.15) is 36.0 Å². The fourth-order valence-electron chi connectivity index (χ4n) is 3.43. The predicted octanol–water partition coefficient (Wildman–Crippen LogP) is 4.35. The van der Waals surface area contributed by atoms with Gasteiger partial charge in [0.25, 0.3) is 0 Å². The second-order valence-electron chi connectivity index (χ2n) is 6.23. The molecule has 0 amide bonds. The van der Waals surface area contributed by atoms with E-state index in [1.165, 1.54) is 5.56 Å². The SMILES string of the molecule is CCc1cccc2c(C(CC(=O)O)c3cc(OC)cc(OC)c3)c[nH]c12. The molecular formula is C21H23NO4. The molecule has 0 aliphatic heterocycles. The van der Waals surface area contributed by atoms with Crippen molar-refractivity contribution in [1.82, 2.24) is 4.98 Å². The molecule has 3 rings (SSSR count). The number of aryl methyl sites for hydroxylation is 1. The number of nitrogens with one attached hydrogen (secondary N) is 1. The standard InChI is InChI=1S/C21H23NO4/c1-4-13-6-5-7-17-19(12-22-21(13)17)18(11-20(23)24)14-8-15(25-2)10-16(9-14)26-3/h5-10,12,18,22H,4,11H2,1-3H3,(H,23,24). The van der Waals surface area contributed by atoms with E-state index in [4.69, 9.17) is 9.47 Å². The Hall–Kier alpha value is -2.95. The van der Waals surface area contributed by atoms with Gasteiger partial charge in [0.1, 0.15) is 11.5 Å². The van der Waals surface area contributed by atoms with Gasteiger partial charge in [0.05, 0.1) is 20.6 Å². The Morgan fingerprint density at radius 1 is 1.15 bits per heavy atom. The van der Waals surface area contributed by atoms with Gasteiger partial charge in [-0.05, 0) is 35.2 Å². The first kappa shape index (κ1) is 17.9. The Labute approximate surface area is 152 Å². The normalized spacial score (nSPS) is 12.1. The van der Waals surface area contributed by atoms with Gasteiger partial charge in [0, 0.05) is 29.1 Å². The first-order chi connectivity index (χ1) is 12.6. The summed E-state index contributed by atoms with van der Waals surface area (Å²) >= 11 is 0. The van der Waals surface area contributed by atoms with Crippen molar-refractivity contribution >= 4 is 16.9 Å². The van der Waals surface area contributed by atoms with Crippen LogP contribution in [0.25, 0.3) is 10.9 Å². The number of aromatic amines is 1. The number of H-pyrrole nitrogens is 1. The van der Waals surface area contributed by atoms with Crippen molar-refractivity contribution in [2.24, 2.45) is 0 Å². The Bertz CT molecular complexity index is 907. The second kappa shape index (κ2) is 7.52. The number of hydrogen-bond donors (Lipinski definition) is 2. The molecule has 1 aromatic heterocycles. The van der Waals surface area contributed by atoms with E-state index < -0.39 is 5.97 Å². The summed E-state index contributed by atoms with van der Waals surface area (Å²) in [5.74, 6) is 0.128. The van der Waals surface area contributed by atoms with Crippen LogP contribution in [0, 0.1) is 0 Å². The lowest BCUT2D eigenvalue weighted by Gasteiger charge is -2.17. The van der Waals surface area contributed by atoms with Crippen molar-refractivity contribution in [2.75, 3.05) is 14.2 Å².